The maximum Gasteiger partial charge on any atom is 0.320 e. The molecule has 8 heteroatoms. The van der Waals surface area contributed by atoms with Crippen molar-refractivity contribution in [2.75, 3.05) is 7.11 Å². The van der Waals surface area contributed by atoms with Crippen LogP contribution in [0.5, 0.6) is 0 Å². The molecule has 1 heterocycles. The predicted octanol–water partition coefficient (Wildman–Crippen LogP) is 1.90. The van der Waals surface area contributed by atoms with E-state index in [2.05, 4.69) is 24.3 Å². The molecule has 0 unspecified atom stereocenters. The number of ether oxygens (including phenoxy) is 1. The highest BCUT2D eigenvalue weighted by Gasteiger charge is 2.59. The minimum Gasteiger partial charge on any atom is -0.380 e. The van der Waals surface area contributed by atoms with Crippen LogP contribution in [0.15, 0.2) is 6.20 Å². The van der Waals surface area contributed by atoms with Gasteiger partial charge in [0.25, 0.3) is 5.91 Å². The van der Waals surface area contributed by atoms with Gasteiger partial charge in [-0.05, 0) is 12.8 Å². The zero-order valence-electron chi connectivity index (χ0n) is 14.2. The summed E-state index contributed by atoms with van der Waals surface area (Å²) in [6.45, 7) is 6.18. The number of aromatic nitrogens is 2. The van der Waals surface area contributed by atoms with Gasteiger partial charge in [0.1, 0.15) is 6.20 Å². The summed E-state index contributed by atoms with van der Waals surface area (Å²) < 4.78 is 6.85. The van der Waals surface area contributed by atoms with Crippen molar-refractivity contribution in [1.82, 2.24) is 15.1 Å². The minimum atomic E-state index is -0.586. The Morgan fingerprint density at radius 1 is 1.52 bits per heavy atom. The quantitative estimate of drug-likeness (QED) is 0.636. The second-order valence-electron chi connectivity index (χ2n) is 6.17. The summed E-state index contributed by atoms with van der Waals surface area (Å²) in [5, 5.41) is 17.9. The van der Waals surface area contributed by atoms with Gasteiger partial charge in [0.2, 0.25) is 5.69 Å². The fourth-order valence-electron chi connectivity index (χ4n) is 4.13. The van der Waals surface area contributed by atoms with Gasteiger partial charge in [-0.1, -0.05) is 20.8 Å². The molecule has 1 fully saturated rings. The number of amides is 1. The number of methoxy groups -OCH3 is 1. The van der Waals surface area contributed by atoms with Gasteiger partial charge in [0, 0.05) is 31.5 Å². The molecule has 3 atom stereocenters. The van der Waals surface area contributed by atoms with E-state index in [4.69, 9.17) is 4.74 Å². The Bertz CT molecular complexity index is 609. The number of carbonyl (C=O) groups excluding carboxylic acids is 1. The second kappa shape index (κ2) is 6.27. The first-order valence-corrected chi connectivity index (χ1v) is 7.84. The minimum absolute atomic E-state index is 0.0239. The smallest absolute Gasteiger partial charge is 0.320 e. The fourth-order valence-corrected chi connectivity index (χ4v) is 4.13. The molecule has 2 rings (SSSR count). The van der Waals surface area contributed by atoms with Crippen LogP contribution in [0.2, 0.25) is 0 Å². The van der Waals surface area contributed by atoms with E-state index < -0.39 is 10.8 Å². The first-order valence-electron chi connectivity index (χ1n) is 7.84. The largest absolute Gasteiger partial charge is 0.380 e. The van der Waals surface area contributed by atoms with Gasteiger partial charge in [-0.2, -0.15) is 5.10 Å². The Kier molecular flexibility index (Phi) is 4.74. The average Bonchev–Trinajstić information content (AvgIpc) is 2.91. The fraction of sp³-hybridized carbons (Fsp3) is 0.733. The summed E-state index contributed by atoms with van der Waals surface area (Å²) >= 11 is 0. The Balaban J connectivity index is 2.27. The van der Waals surface area contributed by atoms with E-state index in [9.17, 15) is 14.9 Å². The maximum atomic E-state index is 12.6. The van der Waals surface area contributed by atoms with Crippen LogP contribution in [0.3, 0.4) is 0 Å². The van der Waals surface area contributed by atoms with Crippen LogP contribution < -0.4 is 5.32 Å². The van der Waals surface area contributed by atoms with Crippen LogP contribution in [0, 0.1) is 21.4 Å². The Hall–Kier alpha value is -1.96. The highest BCUT2D eigenvalue weighted by molar-refractivity contribution is 5.96. The standard InChI is InChI=1S/C15H24N4O4/c1-6-15(7-2)12(9(3)13(15)23-5)17-14(20)11-10(19(21)22)8-16-18(11)4/h8-9,12-13H,6-7H2,1-5H3,(H,17,20)/t9-,12+,13+/m0/s1. The van der Waals surface area contributed by atoms with E-state index in [0.29, 0.717) is 0 Å². The Morgan fingerprint density at radius 2 is 2.13 bits per heavy atom. The molecule has 1 N–H and O–H groups in total. The monoisotopic (exact) mass is 324 g/mol. The predicted molar refractivity (Wildman–Crippen MR) is 84.1 cm³/mol. The summed E-state index contributed by atoms with van der Waals surface area (Å²) in [7, 11) is 3.21. The first-order chi connectivity index (χ1) is 10.8. The molecule has 0 aromatic carbocycles. The van der Waals surface area contributed by atoms with Crippen molar-refractivity contribution in [3.8, 4) is 0 Å². The third-order valence-electron chi connectivity index (χ3n) is 5.38. The third kappa shape index (κ3) is 2.50. The van der Waals surface area contributed by atoms with Gasteiger partial charge < -0.3 is 10.1 Å². The van der Waals surface area contributed by atoms with Crippen LogP contribution in [0.4, 0.5) is 5.69 Å². The molecule has 1 amide bonds. The van der Waals surface area contributed by atoms with Gasteiger partial charge in [-0.15, -0.1) is 0 Å². The van der Waals surface area contributed by atoms with Crippen molar-refractivity contribution in [3.05, 3.63) is 22.0 Å². The molecule has 1 aliphatic carbocycles. The topological polar surface area (TPSA) is 99.3 Å². The number of nitrogens with one attached hydrogen (secondary N) is 1. The first kappa shape index (κ1) is 17.4. The van der Waals surface area contributed by atoms with Crippen LogP contribution >= 0.6 is 0 Å². The van der Waals surface area contributed by atoms with Gasteiger partial charge in [-0.3, -0.25) is 19.6 Å². The Morgan fingerprint density at radius 3 is 2.61 bits per heavy atom. The van der Waals surface area contributed by atoms with Crippen LogP contribution in [0.1, 0.15) is 44.1 Å². The number of nitro groups is 1. The van der Waals surface area contributed by atoms with Crippen LogP contribution in [-0.2, 0) is 11.8 Å². The molecule has 1 aromatic rings. The van der Waals surface area contributed by atoms with E-state index in [1.165, 1.54) is 11.7 Å². The summed E-state index contributed by atoms with van der Waals surface area (Å²) in [6.07, 6.45) is 2.91. The van der Waals surface area contributed by atoms with Crippen molar-refractivity contribution in [3.63, 3.8) is 0 Å². The zero-order valence-corrected chi connectivity index (χ0v) is 14.2. The van der Waals surface area contributed by atoms with Crippen molar-refractivity contribution in [2.24, 2.45) is 18.4 Å². The van der Waals surface area contributed by atoms with Gasteiger partial charge in [-0.25, -0.2) is 0 Å². The summed E-state index contributed by atoms with van der Waals surface area (Å²) in [6, 6.07) is -0.0792. The lowest BCUT2D eigenvalue weighted by molar-refractivity contribution is -0.385. The molecular formula is C15H24N4O4. The van der Waals surface area contributed by atoms with Crippen molar-refractivity contribution in [1.29, 1.82) is 0 Å². The number of nitrogens with zero attached hydrogens (tertiary/aromatic N) is 3. The SMILES string of the molecule is CCC1(CC)[C@H](NC(=O)c2c([N+](=O)[O-])cnn2C)[C@H](C)[C@H]1OC. The zero-order chi connectivity index (χ0) is 17.4. The van der Waals surface area contributed by atoms with E-state index in [1.807, 2.05) is 6.92 Å². The molecule has 128 valence electrons. The molecular weight excluding hydrogens is 300 g/mol. The molecule has 1 aromatic heterocycles. The lowest BCUT2D eigenvalue weighted by Gasteiger charge is -2.59. The lowest BCUT2D eigenvalue weighted by atomic mass is 9.53. The number of rotatable bonds is 6. The highest BCUT2D eigenvalue weighted by Crippen LogP contribution is 2.52. The number of hydrogen-bond acceptors (Lipinski definition) is 5. The molecule has 0 bridgehead atoms. The molecule has 0 spiro atoms. The summed E-state index contributed by atoms with van der Waals surface area (Å²) in [5.41, 5.74) is -0.444. The maximum absolute atomic E-state index is 12.6. The van der Waals surface area contributed by atoms with Gasteiger partial charge >= 0.3 is 5.69 Å². The summed E-state index contributed by atoms with van der Waals surface area (Å²) in [5.74, 6) is -0.314. The molecule has 1 saturated carbocycles. The molecule has 1 aliphatic rings. The molecule has 8 nitrogen and oxygen atoms in total. The van der Waals surface area contributed by atoms with E-state index in [1.54, 1.807) is 7.11 Å². The third-order valence-corrected chi connectivity index (χ3v) is 5.38. The second-order valence-corrected chi connectivity index (χ2v) is 6.17. The number of hydrogen-bond donors (Lipinski definition) is 1. The highest BCUT2D eigenvalue weighted by atomic mass is 16.6. The van der Waals surface area contributed by atoms with Gasteiger partial charge in [0.15, 0.2) is 0 Å². The molecule has 0 aliphatic heterocycles. The van der Waals surface area contributed by atoms with Crippen molar-refractivity contribution in [2.45, 2.75) is 45.8 Å². The van der Waals surface area contributed by atoms with Crippen LogP contribution in [0.25, 0.3) is 0 Å². The molecule has 0 saturated heterocycles. The Labute approximate surface area is 135 Å². The van der Waals surface area contributed by atoms with E-state index >= 15 is 0 Å². The summed E-state index contributed by atoms with van der Waals surface area (Å²) in [4.78, 5) is 23.1. The normalized spacial score (nSPS) is 25.7. The van der Waals surface area contributed by atoms with Crippen molar-refractivity contribution < 1.29 is 14.5 Å². The van der Waals surface area contributed by atoms with E-state index in [-0.39, 0.29) is 34.9 Å². The average molecular weight is 324 g/mol. The van der Waals surface area contributed by atoms with Crippen LogP contribution in [-0.4, -0.2) is 39.9 Å². The number of carbonyl (C=O) groups is 1. The lowest BCUT2D eigenvalue weighted by Crippen LogP contribution is -2.70. The molecule has 0 radical (unpaired) electrons. The number of aryl methyl sites for hydroxylation is 1. The van der Waals surface area contributed by atoms with E-state index in [0.717, 1.165) is 19.0 Å². The van der Waals surface area contributed by atoms with Gasteiger partial charge in [0.05, 0.1) is 11.0 Å². The molecule has 23 heavy (non-hydrogen) atoms. The van der Waals surface area contributed by atoms with Crippen molar-refractivity contribution >= 4 is 11.6 Å².